The van der Waals surface area contributed by atoms with E-state index in [4.69, 9.17) is 4.74 Å². The maximum atomic E-state index is 9.62. The van der Waals surface area contributed by atoms with Crippen molar-refractivity contribution in [3.63, 3.8) is 0 Å². The van der Waals surface area contributed by atoms with Gasteiger partial charge in [0.2, 0.25) is 0 Å². The van der Waals surface area contributed by atoms with Gasteiger partial charge in [0, 0.05) is 18.4 Å². The van der Waals surface area contributed by atoms with Crippen LogP contribution in [0.1, 0.15) is 37.9 Å². The fraction of sp³-hybridized carbons (Fsp3) is 0.727. The Hall–Kier alpha value is -0.870. The van der Waals surface area contributed by atoms with Crippen molar-refractivity contribution in [1.82, 2.24) is 9.78 Å². The van der Waals surface area contributed by atoms with Crippen LogP contribution in [0.3, 0.4) is 0 Å². The maximum absolute atomic E-state index is 9.62. The molecule has 1 aromatic heterocycles. The molecule has 2 heterocycles. The van der Waals surface area contributed by atoms with E-state index < -0.39 is 0 Å². The molecule has 1 saturated heterocycles. The number of hydrogen-bond acceptors (Lipinski definition) is 3. The lowest BCUT2D eigenvalue weighted by atomic mass is 10.2. The molecule has 1 aliphatic rings. The summed E-state index contributed by atoms with van der Waals surface area (Å²) in [7, 11) is 0. The second-order valence-electron chi connectivity index (χ2n) is 4.05. The molecule has 0 radical (unpaired) electrons. The first-order valence-corrected chi connectivity index (χ1v) is 5.61. The zero-order valence-corrected chi connectivity index (χ0v) is 9.09. The molecule has 0 aliphatic carbocycles. The van der Waals surface area contributed by atoms with Gasteiger partial charge in [-0.05, 0) is 19.3 Å². The summed E-state index contributed by atoms with van der Waals surface area (Å²) in [5, 5.41) is 13.8. The van der Waals surface area contributed by atoms with Crippen molar-refractivity contribution in [2.24, 2.45) is 0 Å². The number of rotatable bonds is 4. The number of aliphatic hydroxyl groups excluding tert-OH is 1. The summed E-state index contributed by atoms with van der Waals surface area (Å²) in [5.74, 6) is 0. The van der Waals surface area contributed by atoms with Gasteiger partial charge in [-0.2, -0.15) is 5.10 Å². The first-order valence-electron chi connectivity index (χ1n) is 5.61. The van der Waals surface area contributed by atoms with Gasteiger partial charge in [-0.25, -0.2) is 0 Å². The summed E-state index contributed by atoms with van der Waals surface area (Å²) in [6.45, 7) is 3.63. The lowest BCUT2D eigenvalue weighted by molar-refractivity contribution is 0.0938. The van der Waals surface area contributed by atoms with Crippen molar-refractivity contribution < 1.29 is 9.84 Å². The predicted molar refractivity (Wildman–Crippen MR) is 56.5 cm³/mol. The summed E-state index contributed by atoms with van der Waals surface area (Å²) in [4.78, 5) is 0. The largest absolute Gasteiger partial charge is 0.388 e. The molecule has 2 unspecified atom stereocenters. The molecule has 4 heteroatoms. The van der Waals surface area contributed by atoms with E-state index in [1.54, 1.807) is 6.20 Å². The molecular weight excluding hydrogens is 192 g/mol. The Bertz CT molecular complexity index is 305. The molecule has 0 spiro atoms. The van der Waals surface area contributed by atoms with E-state index in [9.17, 15) is 5.11 Å². The van der Waals surface area contributed by atoms with Crippen LogP contribution in [-0.4, -0.2) is 27.6 Å². The third kappa shape index (κ3) is 2.58. The normalized spacial score (nSPS) is 23.2. The molecule has 2 atom stereocenters. The maximum Gasteiger partial charge on any atom is 0.0817 e. The zero-order valence-electron chi connectivity index (χ0n) is 9.09. The van der Waals surface area contributed by atoms with Crippen LogP contribution in [0.15, 0.2) is 12.4 Å². The topological polar surface area (TPSA) is 47.3 Å². The Morgan fingerprint density at radius 2 is 2.60 bits per heavy atom. The molecule has 4 nitrogen and oxygen atoms in total. The summed E-state index contributed by atoms with van der Waals surface area (Å²) in [6, 6.07) is 0. The summed E-state index contributed by atoms with van der Waals surface area (Å²) < 4.78 is 7.39. The van der Waals surface area contributed by atoms with Crippen molar-refractivity contribution in [3.8, 4) is 0 Å². The molecule has 15 heavy (non-hydrogen) atoms. The monoisotopic (exact) mass is 210 g/mol. The van der Waals surface area contributed by atoms with Crippen LogP contribution in [0.2, 0.25) is 0 Å². The lowest BCUT2D eigenvalue weighted by Gasteiger charge is -2.08. The Kier molecular flexibility index (Phi) is 3.38. The van der Waals surface area contributed by atoms with Gasteiger partial charge in [-0.1, -0.05) is 6.92 Å². The molecule has 1 aliphatic heterocycles. The van der Waals surface area contributed by atoms with Gasteiger partial charge < -0.3 is 9.84 Å². The SMILES string of the molecule is CCC(O)c1cnn(CC2CCCO2)c1. The van der Waals surface area contributed by atoms with E-state index >= 15 is 0 Å². The Morgan fingerprint density at radius 1 is 1.73 bits per heavy atom. The van der Waals surface area contributed by atoms with Crippen LogP contribution < -0.4 is 0 Å². The molecule has 0 bridgehead atoms. The summed E-state index contributed by atoms with van der Waals surface area (Å²) in [5.41, 5.74) is 0.899. The van der Waals surface area contributed by atoms with Crippen molar-refractivity contribution in [2.45, 2.75) is 44.9 Å². The minimum Gasteiger partial charge on any atom is -0.388 e. The van der Waals surface area contributed by atoms with E-state index in [1.165, 1.54) is 0 Å². The first-order chi connectivity index (χ1) is 7.29. The van der Waals surface area contributed by atoms with Crippen molar-refractivity contribution in [2.75, 3.05) is 6.61 Å². The van der Waals surface area contributed by atoms with E-state index in [-0.39, 0.29) is 6.10 Å². The second-order valence-corrected chi connectivity index (χ2v) is 4.05. The van der Waals surface area contributed by atoms with Crippen LogP contribution in [0, 0.1) is 0 Å². The van der Waals surface area contributed by atoms with Crippen LogP contribution >= 0.6 is 0 Å². The molecule has 0 aromatic carbocycles. The van der Waals surface area contributed by atoms with Gasteiger partial charge in [0.25, 0.3) is 0 Å². The van der Waals surface area contributed by atoms with Gasteiger partial charge in [-0.15, -0.1) is 0 Å². The molecule has 1 fully saturated rings. The second kappa shape index (κ2) is 4.77. The van der Waals surface area contributed by atoms with Gasteiger partial charge in [0.15, 0.2) is 0 Å². The highest BCUT2D eigenvalue weighted by Crippen LogP contribution is 2.17. The highest BCUT2D eigenvalue weighted by molar-refractivity contribution is 5.07. The predicted octanol–water partition coefficient (Wildman–Crippen LogP) is 1.51. The summed E-state index contributed by atoms with van der Waals surface area (Å²) in [6.07, 6.45) is 6.56. The summed E-state index contributed by atoms with van der Waals surface area (Å²) >= 11 is 0. The molecule has 0 amide bonds. The van der Waals surface area contributed by atoms with Crippen LogP contribution in [0.25, 0.3) is 0 Å². The minimum atomic E-state index is -0.386. The van der Waals surface area contributed by atoms with Gasteiger partial charge in [-0.3, -0.25) is 4.68 Å². The number of ether oxygens (including phenoxy) is 1. The first kappa shape index (κ1) is 10.6. The van der Waals surface area contributed by atoms with Crippen LogP contribution in [0.5, 0.6) is 0 Å². The number of aromatic nitrogens is 2. The smallest absolute Gasteiger partial charge is 0.0817 e. The molecule has 0 saturated carbocycles. The molecule has 1 aromatic rings. The van der Waals surface area contributed by atoms with E-state index in [1.807, 2.05) is 17.8 Å². The quantitative estimate of drug-likeness (QED) is 0.819. The Morgan fingerprint density at radius 3 is 3.27 bits per heavy atom. The fourth-order valence-electron chi connectivity index (χ4n) is 1.88. The third-order valence-corrected chi connectivity index (χ3v) is 2.84. The molecule has 2 rings (SSSR count). The van der Waals surface area contributed by atoms with Gasteiger partial charge >= 0.3 is 0 Å². The average molecular weight is 210 g/mol. The molecule has 84 valence electrons. The third-order valence-electron chi connectivity index (χ3n) is 2.84. The van der Waals surface area contributed by atoms with Crippen LogP contribution in [0.4, 0.5) is 0 Å². The number of aliphatic hydroxyl groups is 1. The molecule has 1 N–H and O–H groups in total. The van der Waals surface area contributed by atoms with Gasteiger partial charge in [0.1, 0.15) is 0 Å². The fourth-order valence-corrected chi connectivity index (χ4v) is 1.88. The van der Waals surface area contributed by atoms with Crippen molar-refractivity contribution in [3.05, 3.63) is 18.0 Å². The Labute approximate surface area is 89.9 Å². The number of nitrogens with zero attached hydrogens (tertiary/aromatic N) is 2. The zero-order chi connectivity index (χ0) is 10.7. The standard InChI is InChI=1S/C11H18N2O2/c1-2-11(14)9-6-12-13(7-9)8-10-4-3-5-15-10/h6-7,10-11,14H,2-5,8H2,1H3. The highest BCUT2D eigenvalue weighted by Gasteiger charge is 2.17. The van der Waals surface area contributed by atoms with E-state index in [0.29, 0.717) is 6.10 Å². The van der Waals surface area contributed by atoms with Crippen molar-refractivity contribution in [1.29, 1.82) is 0 Å². The Balaban J connectivity index is 1.94. The lowest BCUT2D eigenvalue weighted by Crippen LogP contribution is -2.15. The van der Waals surface area contributed by atoms with Crippen molar-refractivity contribution >= 4 is 0 Å². The number of hydrogen-bond donors (Lipinski definition) is 1. The van der Waals surface area contributed by atoms with Gasteiger partial charge in [0.05, 0.1) is 24.9 Å². The van der Waals surface area contributed by atoms with E-state index in [0.717, 1.165) is 38.0 Å². The highest BCUT2D eigenvalue weighted by atomic mass is 16.5. The minimum absolute atomic E-state index is 0.302. The van der Waals surface area contributed by atoms with Crippen LogP contribution in [-0.2, 0) is 11.3 Å². The molecular formula is C11H18N2O2. The van der Waals surface area contributed by atoms with E-state index in [2.05, 4.69) is 5.10 Å². The average Bonchev–Trinajstić information content (AvgIpc) is 2.88.